The number of esters is 2. The smallest absolute Gasteiger partial charge is 0.433 e. The van der Waals surface area contributed by atoms with Crippen molar-refractivity contribution in [3.8, 4) is 23.3 Å². The monoisotopic (exact) mass is 970 g/mol. The molecule has 334 valence electrons. The summed E-state index contributed by atoms with van der Waals surface area (Å²) in [6, 6.07) is 15.4. The van der Waals surface area contributed by atoms with Crippen LogP contribution in [0.2, 0.25) is 20.4 Å². The number of hydrogen-bond acceptors (Lipinski definition) is 13. The van der Waals surface area contributed by atoms with Crippen LogP contribution >= 0.6 is 46.4 Å². The highest BCUT2D eigenvalue weighted by atomic mass is 35.5. The van der Waals surface area contributed by atoms with Gasteiger partial charge in [-0.15, -0.1) is 20.4 Å². The van der Waals surface area contributed by atoms with E-state index >= 15 is 13.2 Å². The third-order valence-corrected chi connectivity index (χ3v) is 11.0. The fraction of sp³-hybridized carbons (Fsp3) is 0.220. The molecule has 6 rings (SSSR count). The standard InChI is InChI=1S/C41H28Cl4F6N6O7/c1-20(38(60,40(46,47)48)22-12-14-52-32(44)16-22)26-18-24(4-6-28(26)42)62-35-11-9-31(55-57-35)37(59)64-39(41(49,50)51,23-13-15-53-33(45)17-23)21(2)27-19-25(5-7-29(27)43)63-34-10-8-30(54-56-34)36(58)61-3/h4-21,60H,1-3H3. The molecule has 0 aliphatic carbocycles. The number of hydrogen-bond donors (Lipinski definition) is 1. The number of benzene rings is 2. The van der Waals surface area contributed by atoms with E-state index in [-0.39, 0.29) is 60.4 Å². The average molecular weight is 973 g/mol. The van der Waals surface area contributed by atoms with Gasteiger partial charge in [-0.25, -0.2) is 19.6 Å². The number of rotatable bonds is 13. The number of carbonyl (C=O) groups excluding carboxylic acids is 2. The van der Waals surface area contributed by atoms with Gasteiger partial charge >= 0.3 is 24.3 Å². The number of nitrogens with zero attached hydrogens (tertiary/aromatic N) is 6. The Labute approximate surface area is 378 Å². The molecule has 0 aliphatic rings. The van der Waals surface area contributed by atoms with Crippen LogP contribution in [0, 0.1) is 0 Å². The molecule has 4 heterocycles. The molecule has 0 spiro atoms. The third kappa shape index (κ3) is 9.63. The molecule has 0 fully saturated rings. The fourth-order valence-electron chi connectivity index (χ4n) is 6.59. The molecule has 0 radical (unpaired) electrons. The van der Waals surface area contributed by atoms with Crippen LogP contribution in [0.3, 0.4) is 0 Å². The van der Waals surface area contributed by atoms with E-state index in [9.17, 15) is 27.9 Å². The first kappa shape index (κ1) is 47.6. The minimum Gasteiger partial charge on any atom is -0.464 e. The summed E-state index contributed by atoms with van der Waals surface area (Å²) in [6.07, 6.45) is -8.66. The average Bonchev–Trinajstić information content (AvgIpc) is 3.25. The van der Waals surface area contributed by atoms with Gasteiger partial charge in [0.15, 0.2) is 17.0 Å². The second-order valence-electron chi connectivity index (χ2n) is 13.6. The molecule has 23 heteroatoms. The number of methoxy groups -OCH3 is 1. The second-order valence-corrected chi connectivity index (χ2v) is 15.2. The maximum Gasteiger partial charge on any atom is 0.433 e. The van der Waals surface area contributed by atoms with Crippen molar-refractivity contribution in [3.05, 3.63) is 151 Å². The van der Waals surface area contributed by atoms with Crippen molar-refractivity contribution in [2.45, 2.75) is 49.2 Å². The Morgan fingerprint density at radius 2 is 1.06 bits per heavy atom. The molecule has 4 atom stereocenters. The van der Waals surface area contributed by atoms with Crippen LogP contribution in [0.15, 0.2) is 97.3 Å². The van der Waals surface area contributed by atoms with Crippen molar-refractivity contribution in [1.82, 2.24) is 30.4 Å². The zero-order chi connectivity index (χ0) is 46.8. The Morgan fingerprint density at radius 3 is 1.50 bits per heavy atom. The topological polar surface area (TPSA) is 169 Å². The molecule has 4 aromatic heterocycles. The molecule has 2 aromatic carbocycles. The van der Waals surface area contributed by atoms with E-state index in [0.29, 0.717) is 0 Å². The fourth-order valence-corrected chi connectivity index (χ4v) is 7.50. The van der Waals surface area contributed by atoms with Gasteiger partial charge in [0.25, 0.3) is 0 Å². The molecular formula is C41H28Cl4F6N6O7. The van der Waals surface area contributed by atoms with E-state index in [1.165, 1.54) is 36.4 Å². The Kier molecular flexibility index (Phi) is 13.9. The van der Waals surface area contributed by atoms with Crippen molar-refractivity contribution >= 4 is 58.3 Å². The van der Waals surface area contributed by atoms with E-state index in [4.69, 9.17) is 60.6 Å². The third-order valence-electron chi connectivity index (χ3n) is 9.86. The lowest BCUT2D eigenvalue weighted by atomic mass is 9.77. The van der Waals surface area contributed by atoms with Crippen molar-refractivity contribution in [2.24, 2.45) is 0 Å². The summed E-state index contributed by atoms with van der Waals surface area (Å²) in [7, 11) is 1.14. The van der Waals surface area contributed by atoms with Crippen molar-refractivity contribution in [3.63, 3.8) is 0 Å². The van der Waals surface area contributed by atoms with Crippen LogP contribution in [0.25, 0.3) is 0 Å². The number of ether oxygens (including phenoxy) is 4. The maximum atomic E-state index is 15.8. The summed E-state index contributed by atoms with van der Waals surface area (Å²) in [4.78, 5) is 33.0. The molecule has 1 N–H and O–H groups in total. The molecule has 64 heavy (non-hydrogen) atoms. The van der Waals surface area contributed by atoms with Gasteiger partial charge in [0.2, 0.25) is 17.4 Å². The molecule has 0 bridgehead atoms. The van der Waals surface area contributed by atoms with Gasteiger partial charge in [-0.1, -0.05) is 60.3 Å². The summed E-state index contributed by atoms with van der Waals surface area (Å²) < 4.78 is 112. The summed E-state index contributed by atoms with van der Waals surface area (Å²) in [5.74, 6) is -6.76. The van der Waals surface area contributed by atoms with Crippen LogP contribution in [0.5, 0.6) is 23.3 Å². The van der Waals surface area contributed by atoms with Crippen molar-refractivity contribution in [1.29, 1.82) is 0 Å². The van der Waals surface area contributed by atoms with Crippen molar-refractivity contribution < 1.29 is 60.0 Å². The summed E-state index contributed by atoms with van der Waals surface area (Å²) in [5.41, 5.74) is -9.63. The molecule has 0 aliphatic heterocycles. The zero-order valence-electron chi connectivity index (χ0n) is 32.8. The Balaban J connectivity index is 1.30. The first-order chi connectivity index (χ1) is 30.1. The van der Waals surface area contributed by atoms with Crippen LogP contribution in [0.4, 0.5) is 26.3 Å². The van der Waals surface area contributed by atoms with Gasteiger partial charge < -0.3 is 24.1 Å². The quantitative estimate of drug-likeness (QED) is 0.0660. The molecule has 0 saturated carbocycles. The molecule has 0 saturated heterocycles. The van der Waals surface area contributed by atoms with Crippen molar-refractivity contribution in [2.75, 3.05) is 7.11 Å². The lowest BCUT2D eigenvalue weighted by Crippen LogP contribution is -2.50. The minimum atomic E-state index is -5.40. The van der Waals surface area contributed by atoms with Gasteiger partial charge in [-0.05, 0) is 89.5 Å². The largest absolute Gasteiger partial charge is 0.464 e. The lowest BCUT2D eigenvalue weighted by molar-refractivity contribution is -0.274. The van der Waals surface area contributed by atoms with Gasteiger partial charge in [0.1, 0.15) is 21.8 Å². The van der Waals surface area contributed by atoms with Crippen LogP contribution in [-0.2, 0) is 20.7 Å². The molecule has 13 nitrogen and oxygen atoms in total. The number of aliphatic hydroxyl groups is 1. The number of pyridine rings is 2. The molecule has 0 amide bonds. The summed E-state index contributed by atoms with van der Waals surface area (Å²) >= 11 is 24.7. The SMILES string of the molecule is COC(=O)c1ccc(Oc2ccc(Cl)c(C(C)C(OC(=O)c3ccc(Oc4ccc(Cl)c(C(C)C(O)(c5ccnc(Cl)c5)C(F)(F)F)c4)nn3)(c3ccnc(Cl)c3)C(F)(F)F)c2)nn1. The van der Waals surface area contributed by atoms with Crippen LogP contribution in [-0.4, -0.2) is 66.9 Å². The van der Waals surface area contributed by atoms with Gasteiger partial charge in [0.05, 0.1) is 7.11 Å². The predicted molar refractivity (Wildman–Crippen MR) is 217 cm³/mol. The van der Waals surface area contributed by atoms with Crippen LogP contribution in [0.1, 0.15) is 68.9 Å². The van der Waals surface area contributed by atoms with Gasteiger partial charge in [0, 0.05) is 52.0 Å². The minimum absolute atomic E-state index is 0.0695. The Hall–Kier alpha value is -5.86. The molecule has 6 aromatic rings. The Bertz CT molecular complexity index is 2690. The lowest BCUT2D eigenvalue weighted by Gasteiger charge is -2.40. The first-order valence-corrected chi connectivity index (χ1v) is 19.6. The highest BCUT2D eigenvalue weighted by molar-refractivity contribution is 6.32. The number of halogens is 10. The molecular weight excluding hydrogens is 944 g/mol. The Morgan fingerprint density at radius 1 is 0.594 bits per heavy atom. The van der Waals surface area contributed by atoms with Crippen LogP contribution < -0.4 is 9.47 Å². The summed E-state index contributed by atoms with van der Waals surface area (Å²) in [5, 5.41) is 25.1. The highest BCUT2D eigenvalue weighted by Gasteiger charge is 2.64. The van der Waals surface area contributed by atoms with E-state index in [1.807, 2.05) is 0 Å². The number of alkyl halides is 6. The van der Waals surface area contributed by atoms with Gasteiger partial charge in [-0.3, -0.25) is 0 Å². The molecule has 4 unspecified atom stereocenters. The van der Waals surface area contributed by atoms with E-state index in [0.717, 1.165) is 81.9 Å². The predicted octanol–water partition coefficient (Wildman–Crippen LogP) is 11.0. The van der Waals surface area contributed by atoms with E-state index in [1.54, 1.807) is 0 Å². The summed E-state index contributed by atoms with van der Waals surface area (Å²) in [6.45, 7) is 2.17. The first-order valence-electron chi connectivity index (χ1n) is 18.1. The highest BCUT2D eigenvalue weighted by Crippen LogP contribution is 2.54. The van der Waals surface area contributed by atoms with Gasteiger partial charge in [-0.2, -0.15) is 26.3 Å². The van der Waals surface area contributed by atoms with E-state index in [2.05, 4.69) is 35.1 Å². The number of carbonyl (C=O) groups is 2. The van der Waals surface area contributed by atoms with E-state index < -0.39 is 64.1 Å². The normalized spacial score (nSPS) is 14.7. The second kappa shape index (κ2) is 18.7. The zero-order valence-corrected chi connectivity index (χ0v) is 35.8. The number of aromatic nitrogens is 6. The maximum absolute atomic E-state index is 15.8.